The Balaban J connectivity index is 1.85. The molecule has 6 heteroatoms. The van der Waals surface area contributed by atoms with Gasteiger partial charge < -0.3 is 0 Å². The third kappa shape index (κ3) is 2.50. The summed E-state index contributed by atoms with van der Waals surface area (Å²) in [6, 6.07) is 6.00. The number of hydrogen-bond acceptors (Lipinski definition) is 5. The average molecular weight is 284 g/mol. The fourth-order valence-corrected chi connectivity index (χ4v) is 2.72. The van der Waals surface area contributed by atoms with Gasteiger partial charge in [-0.05, 0) is 31.5 Å². The Bertz CT molecular complexity index is 779. The molecule has 1 amide bonds. The maximum atomic E-state index is 12.0. The van der Waals surface area contributed by atoms with Crippen LogP contribution in [-0.2, 0) is 0 Å². The number of amides is 1. The van der Waals surface area contributed by atoms with Crippen LogP contribution in [-0.4, -0.2) is 20.9 Å². The SMILES string of the molecule is Cc1ccc2nc(NC(=O)c3cnc(C)cn3)sc2c1. The fourth-order valence-electron chi connectivity index (χ4n) is 1.76. The smallest absolute Gasteiger partial charge is 0.277 e. The Morgan fingerprint density at radius 2 is 2.05 bits per heavy atom. The van der Waals surface area contributed by atoms with Gasteiger partial charge in [0.2, 0.25) is 0 Å². The highest BCUT2D eigenvalue weighted by molar-refractivity contribution is 7.22. The van der Waals surface area contributed by atoms with E-state index in [2.05, 4.69) is 20.3 Å². The Kier molecular flexibility index (Phi) is 3.15. The topological polar surface area (TPSA) is 67.8 Å². The molecule has 2 heterocycles. The second-order valence-corrected chi connectivity index (χ2v) is 5.52. The number of fused-ring (bicyclic) bond motifs is 1. The Hall–Kier alpha value is -2.34. The van der Waals surface area contributed by atoms with Crippen molar-refractivity contribution in [3.8, 4) is 0 Å². The first-order valence-electron chi connectivity index (χ1n) is 6.09. The van der Waals surface area contributed by atoms with E-state index < -0.39 is 0 Å². The molecule has 0 saturated heterocycles. The molecule has 0 unspecified atom stereocenters. The van der Waals surface area contributed by atoms with E-state index in [-0.39, 0.29) is 11.6 Å². The molecule has 0 atom stereocenters. The molecule has 5 nitrogen and oxygen atoms in total. The molecule has 0 aliphatic carbocycles. The first-order chi connectivity index (χ1) is 9.61. The van der Waals surface area contributed by atoms with E-state index in [1.165, 1.54) is 23.1 Å². The molecule has 0 radical (unpaired) electrons. The van der Waals surface area contributed by atoms with Crippen LogP contribution in [0.25, 0.3) is 10.2 Å². The van der Waals surface area contributed by atoms with Gasteiger partial charge in [-0.2, -0.15) is 0 Å². The van der Waals surface area contributed by atoms with Crippen molar-refractivity contribution in [1.29, 1.82) is 0 Å². The van der Waals surface area contributed by atoms with Gasteiger partial charge in [-0.3, -0.25) is 15.1 Å². The summed E-state index contributed by atoms with van der Waals surface area (Å²) in [7, 11) is 0. The minimum absolute atomic E-state index is 0.283. The zero-order valence-corrected chi connectivity index (χ0v) is 11.9. The second-order valence-electron chi connectivity index (χ2n) is 4.49. The van der Waals surface area contributed by atoms with Gasteiger partial charge in [0.1, 0.15) is 5.69 Å². The molecule has 0 bridgehead atoms. The number of aryl methyl sites for hydroxylation is 2. The first kappa shape index (κ1) is 12.7. The van der Waals surface area contributed by atoms with Crippen LogP contribution in [0, 0.1) is 13.8 Å². The van der Waals surface area contributed by atoms with Crippen molar-refractivity contribution in [2.75, 3.05) is 5.32 Å². The molecular weight excluding hydrogens is 272 g/mol. The van der Waals surface area contributed by atoms with Crippen molar-refractivity contribution < 1.29 is 4.79 Å². The van der Waals surface area contributed by atoms with Crippen LogP contribution in [0.2, 0.25) is 0 Å². The summed E-state index contributed by atoms with van der Waals surface area (Å²) in [6.45, 7) is 3.85. The molecule has 0 fully saturated rings. The van der Waals surface area contributed by atoms with Gasteiger partial charge in [0.05, 0.1) is 22.1 Å². The van der Waals surface area contributed by atoms with Gasteiger partial charge in [-0.15, -0.1) is 0 Å². The number of aromatic nitrogens is 3. The van der Waals surface area contributed by atoms with Gasteiger partial charge in [-0.1, -0.05) is 17.4 Å². The molecule has 0 aliphatic rings. The summed E-state index contributed by atoms with van der Waals surface area (Å²) in [5.41, 5.74) is 3.11. The molecule has 2 aromatic heterocycles. The largest absolute Gasteiger partial charge is 0.296 e. The van der Waals surface area contributed by atoms with Crippen molar-refractivity contribution >= 4 is 32.6 Å². The monoisotopic (exact) mass is 284 g/mol. The van der Waals surface area contributed by atoms with Crippen molar-refractivity contribution in [1.82, 2.24) is 15.0 Å². The molecule has 20 heavy (non-hydrogen) atoms. The zero-order valence-electron chi connectivity index (χ0n) is 11.0. The minimum Gasteiger partial charge on any atom is -0.296 e. The maximum absolute atomic E-state index is 12.0. The first-order valence-corrected chi connectivity index (χ1v) is 6.91. The summed E-state index contributed by atoms with van der Waals surface area (Å²) in [6.07, 6.45) is 3.03. The van der Waals surface area contributed by atoms with Crippen molar-refractivity contribution in [2.24, 2.45) is 0 Å². The lowest BCUT2D eigenvalue weighted by atomic mass is 10.2. The van der Waals surface area contributed by atoms with E-state index in [0.717, 1.165) is 15.9 Å². The van der Waals surface area contributed by atoms with E-state index in [1.807, 2.05) is 32.0 Å². The standard InChI is InChI=1S/C14H12N4OS/c1-8-3-4-10-12(5-8)20-14(17-10)18-13(19)11-7-15-9(2)6-16-11/h3-7H,1-2H3,(H,17,18,19). The van der Waals surface area contributed by atoms with Crippen LogP contribution in [0.15, 0.2) is 30.6 Å². The van der Waals surface area contributed by atoms with Crippen molar-refractivity contribution in [3.05, 3.63) is 47.5 Å². The van der Waals surface area contributed by atoms with Crippen LogP contribution in [0.1, 0.15) is 21.7 Å². The highest BCUT2D eigenvalue weighted by Crippen LogP contribution is 2.26. The molecule has 100 valence electrons. The number of anilines is 1. The quantitative estimate of drug-likeness (QED) is 0.785. The van der Waals surface area contributed by atoms with Gasteiger partial charge in [-0.25, -0.2) is 9.97 Å². The zero-order chi connectivity index (χ0) is 14.1. The molecule has 3 aromatic rings. The molecule has 0 saturated carbocycles. The average Bonchev–Trinajstić information content (AvgIpc) is 2.80. The number of nitrogens with one attached hydrogen (secondary N) is 1. The summed E-state index contributed by atoms with van der Waals surface area (Å²) in [4.78, 5) is 24.5. The molecular formula is C14H12N4OS. The maximum Gasteiger partial charge on any atom is 0.277 e. The second kappa shape index (κ2) is 4.97. The van der Waals surface area contributed by atoms with Gasteiger partial charge in [0.15, 0.2) is 5.13 Å². The number of thiazole rings is 1. The minimum atomic E-state index is -0.298. The lowest BCUT2D eigenvalue weighted by Gasteiger charge is -2.00. The summed E-state index contributed by atoms with van der Waals surface area (Å²) in [5, 5.41) is 3.32. The highest BCUT2D eigenvalue weighted by atomic mass is 32.1. The van der Waals surface area contributed by atoms with Crippen molar-refractivity contribution in [3.63, 3.8) is 0 Å². The number of hydrogen-bond donors (Lipinski definition) is 1. The highest BCUT2D eigenvalue weighted by Gasteiger charge is 2.11. The van der Waals surface area contributed by atoms with Gasteiger partial charge in [0, 0.05) is 6.20 Å². The lowest BCUT2D eigenvalue weighted by molar-refractivity contribution is 0.102. The van der Waals surface area contributed by atoms with Crippen LogP contribution >= 0.6 is 11.3 Å². The van der Waals surface area contributed by atoms with Crippen molar-refractivity contribution in [2.45, 2.75) is 13.8 Å². The molecule has 3 rings (SSSR count). The predicted octanol–water partition coefficient (Wildman–Crippen LogP) is 2.96. The van der Waals surface area contributed by atoms with E-state index in [0.29, 0.717) is 5.13 Å². The van der Waals surface area contributed by atoms with Crippen LogP contribution in [0.5, 0.6) is 0 Å². The summed E-state index contributed by atoms with van der Waals surface area (Å²) < 4.78 is 1.05. The van der Waals surface area contributed by atoms with Gasteiger partial charge in [0.25, 0.3) is 5.91 Å². The summed E-state index contributed by atoms with van der Waals surface area (Å²) in [5.74, 6) is -0.298. The van der Waals surface area contributed by atoms with E-state index in [9.17, 15) is 4.79 Å². The molecule has 1 aromatic carbocycles. The molecule has 0 aliphatic heterocycles. The Morgan fingerprint density at radius 3 is 2.80 bits per heavy atom. The number of nitrogens with zero attached hydrogens (tertiary/aromatic N) is 3. The van der Waals surface area contributed by atoms with Gasteiger partial charge >= 0.3 is 0 Å². The molecule has 0 spiro atoms. The number of carbonyl (C=O) groups is 1. The molecule has 1 N–H and O–H groups in total. The number of benzene rings is 1. The lowest BCUT2D eigenvalue weighted by Crippen LogP contribution is -2.13. The number of carbonyl (C=O) groups excluding carboxylic acids is 1. The van der Waals surface area contributed by atoms with E-state index in [4.69, 9.17) is 0 Å². The van der Waals surface area contributed by atoms with Crippen LogP contribution in [0.3, 0.4) is 0 Å². The summed E-state index contributed by atoms with van der Waals surface area (Å²) >= 11 is 1.45. The fraction of sp³-hybridized carbons (Fsp3) is 0.143. The number of rotatable bonds is 2. The third-order valence-electron chi connectivity index (χ3n) is 2.78. The predicted molar refractivity (Wildman–Crippen MR) is 79.1 cm³/mol. The third-order valence-corrected chi connectivity index (χ3v) is 3.71. The Labute approximate surface area is 119 Å². The normalized spacial score (nSPS) is 10.7. The van der Waals surface area contributed by atoms with Crippen LogP contribution < -0.4 is 5.32 Å². The van der Waals surface area contributed by atoms with E-state index >= 15 is 0 Å². The Morgan fingerprint density at radius 1 is 1.20 bits per heavy atom. The van der Waals surface area contributed by atoms with Crippen LogP contribution in [0.4, 0.5) is 5.13 Å². The van der Waals surface area contributed by atoms with E-state index in [1.54, 1.807) is 6.20 Å².